The molecule has 1 heterocycles. The van der Waals surface area contributed by atoms with E-state index in [1.54, 1.807) is 4.31 Å². The Hall–Kier alpha value is -1.07. The lowest BCUT2D eigenvalue weighted by molar-refractivity contribution is 0.212. The molecule has 1 aliphatic rings. The van der Waals surface area contributed by atoms with Crippen molar-refractivity contribution in [1.82, 2.24) is 4.31 Å². The largest absolute Gasteiger partial charge is 0.388 e. The molecule has 0 radical (unpaired) electrons. The van der Waals surface area contributed by atoms with Crippen LogP contribution in [-0.2, 0) is 10.0 Å². The van der Waals surface area contributed by atoms with Crippen LogP contribution in [0.15, 0.2) is 17.0 Å². The van der Waals surface area contributed by atoms with E-state index in [0.29, 0.717) is 29.8 Å². The summed E-state index contributed by atoms with van der Waals surface area (Å²) in [4.78, 5) is 0.475. The molecule has 2 rings (SSSR count). The molecular weight excluding hydrogens is 284 g/mol. The van der Waals surface area contributed by atoms with Crippen molar-refractivity contribution in [2.75, 3.05) is 25.5 Å². The van der Waals surface area contributed by atoms with Gasteiger partial charge in [-0.05, 0) is 55.4 Å². The molecule has 1 saturated heterocycles. The number of piperidine rings is 1. The second-order valence-corrected chi connectivity index (χ2v) is 8.17. The van der Waals surface area contributed by atoms with Gasteiger partial charge in [0.2, 0.25) is 10.0 Å². The first-order valence-corrected chi connectivity index (χ1v) is 9.00. The molecule has 21 heavy (non-hydrogen) atoms. The average Bonchev–Trinajstić information content (AvgIpc) is 2.40. The fourth-order valence-corrected chi connectivity index (χ4v) is 5.04. The Labute approximate surface area is 128 Å². The van der Waals surface area contributed by atoms with Crippen LogP contribution in [0.4, 0.5) is 5.69 Å². The molecule has 4 nitrogen and oxygen atoms in total. The highest BCUT2D eigenvalue weighted by molar-refractivity contribution is 7.89. The summed E-state index contributed by atoms with van der Waals surface area (Å²) in [5, 5.41) is 3.07. The standard InChI is InChI=1S/C16H26N2O2S/c1-11-6-7-18(10-14(11)4)21(19,20)16-12(2)8-15(17-5)9-13(16)3/h8-9,11,14,17H,6-7,10H2,1-5H3. The zero-order chi connectivity index (χ0) is 15.8. The SMILES string of the molecule is CNc1cc(C)c(S(=O)(=O)N2CCC(C)C(C)C2)c(C)c1. The quantitative estimate of drug-likeness (QED) is 0.933. The van der Waals surface area contributed by atoms with E-state index in [9.17, 15) is 8.42 Å². The number of rotatable bonds is 3. The van der Waals surface area contributed by atoms with Gasteiger partial charge in [0.15, 0.2) is 0 Å². The fourth-order valence-electron chi connectivity index (χ4n) is 3.07. The lowest BCUT2D eigenvalue weighted by Crippen LogP contribution is -2.42. The Balaban J connectivity index is 2.41. The highest BCUT2D eigenvalue weighted by Gasteiger charge is 2.33. The van der Waals surface area contributed by atoms with Gasteiger partial charge < -0.3 is 5.32 Å². The summed E-state index contributed by atoms with van der Waals surface area (Å²) in [7, 11) is -1.56. The molecule has 1 aromatic rings. The molecule has 1 fully saturated rings. The first-order chi connectivity index (χ1) is 9.77. The molecule has 2 unspecified atom stereocenters. The van der Waals surface area contributed by atoms with Crippen LogP contribution < -0.4 is 5.32 Å². The molecule has 2 atom stereocenters. The van der Waals surface area contributed by atoms with E-state index in [1.807, 2.05) is 33.0 Å². The Morgan fingerprint density at radius 2 is 1.71 bits per heavy atom. The molecule has 118 valence electrons. The third kappa shape index (κ3) is 3.09. The summed E-state index contributed by atoms with van der Waals surface area (Å²) in [5.41, 5.74) is 2.57. The summed E-state index contributed by atoms with van der Waals surface area (Å²) in [6, 6.07) is 3.80. The van der Waals surface area contributed by atoms with Crippen molar-refractivity contribution < 1.29 is 8.42 Å². The van der Waals surface area contributed by atoms with Crippen LogP contribution in [0.25, 0.3) is 0 Å². The van der Waals surface area contributed by atoms with E-state index in [0.717, 1.165) is 23.2 Å². The van der Waals surface area contributed by atoms with Gasteiger partial charge in [-0.3, -0.25) is 0 Å². The maximum absolute atomic E-state index is 13.0. The second-order valence-electron chi connectivity index (χ2n) is 6.30. The molecule has 0 spiro atoms. The molecule has 0 aromatic heterocycles. The van der Waals surface area contributed by atoms with Crippen LogP contribution in [0.3, 0.4) is 0 Å². The maximum Gasteiger partial charge on any atom is 0.243 e. The van der Waals surface area contributed by atoms with Crippen molar-refractivity contribution in [3.8, 4) is 0 Å². The van der Waals surface area contributed by atoms with E-state index in [-0.39, 0.29) is 0 Å². The summed E-state index contributed by atoms with van der Waals surface area (Å²) >= 11 is 0. The minimum Gasteiger partial charge on any atom is -0.388 e. The lowest BCUT2D eigenvalue weighted by Gasteiger charge is -2.35. The van der Waals surface area contributed by atoms with Gasteiger partial charge in [-0.2, -0.15) is 4.31 Å². The van der Waals surface area contributed by atoms with Gasteiger partial charge in [0.05, 0.1) is 4.90 Å². The van der Waals surface area contributed by atoms with Crippen molar-refractivity contribution in [2.45, 2.75) is 39.0 Å². The molecule has 0 saturated carbocycles. The molecule has 1 aliphatic heterocycles. The number of sulfonamides is 1. The number of hydrogen-bond acceptors (Lipinski definition) is 3. The van der Waals surface area contributed by atoms with Gasteiger partial charge in [-0.1, -0.05) is 13.8 Å². The smallest absolute Gasteiger partial charge is 0.243 e. The van der Waals surface area contributed by atoms with Crippen LogP contribution >= 0.6 is 0 Å². The molecule has 1 aromatic carbocycles. The van der Waals surface area contributed by atoms with Gasteiger partial charge >= 0.3 is 0 Å². The topological polar surface area (TPSA) is 49.4 Å². The Bertz CT molecular complexity index is 602. The zero-order valence-corrected chi connectivity index (χ0v) is 14.4. The van der Waals surface area contributed by atoms with Gasteiger partial charge in [-0.25, -0.2) is 8.42 Å². The van der Waals surface area contributed by atoms with Gasteiger partial charge in [0.25, 0.3) is 0 Å². The summed E-state index contributed by atoms with van der Waals surface area (Å²) < 4.78 is 27.6. The molecule has 5 heteroatoms. The minimum atomic E-state index is -3.40. The van der Waals surface area contributed by atoms with Gasteiger partial charge in [0.1, 0.15) is 0 Å². The Kier molecular flexibility index (Phi) is 4.63. The third-order valence-electron chi connectivity index (χ3n) is 4.64. The predicted octanol–water partition coefficient (Wildman–Crippen LogP) is 3.01. The van der Waals surface area contributed by atoms with Crippen LogP contribution in [0, 0.1) is 25.7 Å². The second kappa shape index (κ2) is 5.97. The fraction of sp³-hybridized carbons (Fsp3) is 0.625. The van der Waals surface area contributed by atoms with Crippen molar-refractivity contribution in [1.29, 1.82) is 0 Å². The van der Waals surface area contributed by atoms with Crippen molar-refractivity contribution in [3.63, 3.8) is 0 Å². The maximum atomic E-state index is 13.0. The molecule has 1 N–H and O–H groups in total. The summed E-state index contributed by atoms with van der Waals surface area (Å²) in [6.45, 7) is 9.33. The number of aryl methyl sites for hydroxylation is 2. The van der Waals surface area contributed by atoms with E-state index in [4.69, 9.17) is 0 Å². The first kappa shape index (κ1) is 16.3. The number of benzene rings is 1. The molecule has 0 amide bonds. The van der Waals surface area contributed by atoms with Crippen molar-refractivity contribution in [3.05, 3.63) is 23.3 Å². The summed E-state index contributed by atoms with van der Waals surface area (Å²) in [6.07, 6.45) is 0.938. The number of nitrogens with one attached hydrogen (secondary N) is 1. The lowest BCUT2D eigenvalue weighted by atomic mass is 9.90. The molecule has 0 bridgehead atoms. The van der Waals surface area contributed by atoms with Crippen molar-refractivity contribution >= 4 is 15.7 Å². The number of hydrogen-bond donors (Lipinski definition) is 1. The van der Waals surface area contributed by atoms with Crippen LogP contribution in [0.2, 0.25) is 0 Å². The Morgan fingerprint density at radius 3 is 2.19 bits per heavy atom. The average molecular weight is 310 g/mol. The minimum absolute atomic E-state index is 0.408. The van der Waals surface area contributed by atoms with Crippen LogP contribution in [-0.4, -0.2) is 32.9 Å². The normalized spacial score (nSPS) is 24.0. The molecule has 0 aliphatic carbocycles. The Morgan fingerprint density at radius 1 is 1.14 bits per heavy atom. The zero-order valence-electron chi connectivity index (χ0n) is 13.6. The molecular formula is C16H26N2O2S. The van der Waals surface area contributed by atoms with Crippen LogP contribution in [0.5, 0.6) is 0 Å². The number of anilines is 1. The highest BCUT2D eigenvalue weighted by atomic mass is 32.2. The van der Waals surface area contributed by atoms with Gasteiger partial charge in [0, 0.05) is 25.8 Å². The predicted molar refractivity (Wildman–Crippen MR) is 87.2 cm³/mol. The van der Waals surface area contributed by atoms with E-state index in [1.165, 1.54) is 0 Å². The number of nitrogens with zero attached hydrogens (tertiary/aromatic N) is 1. The van der Waals surface area contributed by atoms with E-state index >= 15 is 0 Å². The van der Waals surface area contributed by atoms with Crippen molar-refractivity contribution in [2.24, 2.45) is 11.8 Å². The van der Waals surface area contributed by atoms with Crippen LogP contribution in [0.1, 0.15) is 31.4 Å². The monoisotopic (exact) mass is 310 g/mol. The third-order valence-corrected chi connectivity index (χ3v) is 6.82. The first-order valence-electron chi connectivity index (χ1n) is 7.56. The summed E-state index contributed by atoms with van der Waals surface area (Å²) in [5.74, 6) is 0.996. The van der Waals surface area contributed by atoms with E-state index < -0.39 is 10.0 Å². The van der Waals surface area contributed by atoms with E-state index in [2.05, 4.69) is 19.2 Å². The van der Waals surface area contributed by atoms with Gasteiger partial charge in [-0.15, -0.1) is 0 Å². The highest BCUT2D eigenvalue weighted by Crippen LogP contribution is 2.31.